The zero-order chi connectivity index (χ0) is 26.1. The standard InChI is InChI=1S/C29H36N2O5/c1-17(2)16-35-22-10-9-20(15-24(22)34-7)26-25-27(32)21-13-18(3)19(4)14-23(21)36-28(25)29(33)31(26)12-8-11-30(5)6/h9-10,13-15,17,26H,8,11-12,16H2,1-7H3/t26-/m0/s1. The third-order valence-corrected chi connectivity index (χ3v) is 6.66. The van der Waals surface area contributed by atoms with E-state index in [9.17, 15) is 9.59 Å². The number of carbonyl (C=O) groups excluding carboxylic acids is 1. The van der Waals surface area contributed by atoms with Gasteiger partial charge in [0.2, 0.25) is 5.76 Å². The number of methoxy groups -OCH3 is 1. The molecule has 0 saturated heterocycles. The first-order valence-corrected chi connectivity index (χ1v) is 12.5. The molecule has 2 aromatic carbocycles. The molecule has 1 aromatic heterocycles. The van der Waals surface area contributed by atoms with E-state index in [1.165, 1.54) is 0 Å². The molecule has 1 amide bonds. The van der Waals surface area contributed by atoms with E-state index in [2.05, 4.69) is 18.7 Å². The lowest BCUT2D eigenvalue weighted by atomic mass is 9.97. The fourth-order valence-electron chi connectivity index (χ4n) is 4.64. The van der Waals surface area contributed by atoms with E-state index in [1.807, 2.05) is 58.3 Å². The molecule has 1 aliphatic heterocycles. The van der Waals surface area contributed by atoms with Crippen molar-refractivity contribution in [3.8, 4) is 11.5 Å². The van der Waals surface area contributed by atoms with Crippen LogP contribution in [0.1, 0.15) is 59.1 Å². The zero-order valence-electron chi connectivity index (χ0n) is 22.3. The van der Waals surface area contributed by atoms with E-state index < -0.39 is 6.04 Å². The van der Waals surface area contributed by atoms with Crippen molar-refractivity contribution in [2.75, 3.05) is 40.9 Å². The van der Waals surface area contributed by atoms with Crippen molar-refractivity contribution in [2.24, 2.45) is 5.92 Å². The summed E-state index contributed by atoms with van der Waals surface area (Å²) in [5, 5.41) is 0.494. The van der Waals surface area contributed by atoms with Crippen molar-refractivity contribution in [2.45, 2.75) is 40.2 Å². The number of nitrogens with zero attached hydrogens (tertiary/aromatic N) is 2. The Morgan fingerprint density at radius 2 is 1.78 bits per heavy atom. The second-order valence-corrected chi connectivity index (χ2v) is 10.3. The smallest absolute Gasteiger partial charge is 0.290 e. The SMILES string of the molecule is COc1cc([C@H]2c3c(oc4cc(C)c(C)cc4c3=O)C(=O)N2CCCN(C)C)ccc1OCC(C)C. The van der Waals surface area contributed by atoms with Gasteiger partial charge in [-0.3, -0.25) is 9.59 Å². The molecule has 0 unspecified atom stereocenters. The Bertz CT molecular complexity index is 1340. The van der Waals surface area contributed by atoms with Crippen LogP contribution in [0.3, 0.4) is 0 Å². The maximum absolute atomic E-state index is 13.8. The lowest BCUT2D eigenvalue weighted by Crippen LogP contribution is -2.32. The summed E-state index contributed by atoms with van der Waals surface area (Å²) >= 11 is 0. The number of benzene rings is 2. The van der Waals surface area contributed by atoms with Crippen molar-refractivity contribution in [1.82, 2.24) is 9.80 Å². The molecule has 0 radical (unpaired) electrons. The molecule has 0 bridgehead atoms. The van der Waals surface area contributed by atoms with Gasteiger partial charge >= 0.3 is 0 Å². The first-order chi connectivity index (χ1) is 17.1. The number of carbonyl (C=O) groups is 1. The Morgan fingerprint density at radius 3 is 2.44 bits per heavy atom. The van der Waals surface area contributed by atoms with Crippen LogP contribution < -0.4 is 14.9 Å². The normalized spacial score (nSPS) is 15.3. The summed E-state index contributed by atoms with van der Waals surface area (Å²) in [6.45, 7) is 9.98. The number of aryl methyl sites for hydroxylation is 2. The summed E-state index contributed by atoms with van der Waals surface area (Å²) in [6, 6.07) is 8.77. The van der Waals surface area contributed by atoms with Gasteiger partial charge in [0, 0.05) is 6.54 Å². The average molecular weight is 493 g/mol. The zero-order valence-corrected chi connectivity index (χ0v) is 22.3. The minimum atomic E-state index is -0.565. The molecule has 192 valence electrons. The molecule has 4 rings (SSSR count). The van der Waals surface area contributed by atoms with Crippen LogP contribution >= 0.6 is 0 Å². The van der Waals surface area contributed by atoms with Crippen LogP contribution in [0.5, 0.6) is 11.5 Å². The molecule has 0 N–H and O–H groups in total. The van der Waals surface area contributed by atoms with Gasteiger partial charge < -0.3 is 23.7 Å². The van der Waals surface area contributed by atoms with E-state index >= 15 is 0 Å². The Balaban J connectivity index is 1.86. The van der Waals surface area contributed by atoms with Gasteiger partial charge in [-0.15, -0.1) is 0 Å². The van der Waals surface area contributed by atoms with Gasteiger partial charge in [-0.25, -0.2) is 0 Å². The predicted octanol–water partition coefficient (Wildman–Crippen LogP) is 4.95. The maximum atomic E-state index is 13.8. The highest BCUT2D eigenvalue weighted by atomic mass is 16.5. The highest BCUT2D eigenvalue weighted by Crippen LogP contribution is 2.41. The molecular formula is C29H36N2O5. The molecular weight excluding hydrogens is 456 g/mol. The number of rotatable bonds is 9. The molecule has 0 fully saturated rings. The van der Waals surface area contributed by atoms with E-state index in [4.69, 9.17) is 13.9 Å². The van der Waals surface area contributed by atoms with Gasteiger partial charge in [-0.2, -0.15) is 0 Å². The first-order valence-electron chi connectivity index (χ1n) is 12.5. The number of fused-ring (bicyclic) bond motifs is 2. The molecule has 7 heteroatoms. The summed E-state index contributed by atoms with van der Waals surface area (Å²) in [5.74, 6) is 1.44. The first kappa shape index (κ1) is 25.8. The van der Waals surface area contributed by atoms with Crippen LogP contribution in [0, 0.1) is 19.8 Å². The highest BCUT2D eigenvalue weighted by molar-refractivity contribution is 5.99. The van der Waals surface area contributed by atoms with Gasteiger partial charge in [-0.05, 0) is 87.8 Å². The molecule has 1 atom stereocenters. The topological polar surface area (TPSA) is 72.2 Å². The van der Waals surface area contributed by atoms with E-state index in [0.717, 1.165) is 29.7 Å². The van der Waals surface area contributed by atoms with E-state index in [1.54, 1.807) is 12.0 Å². The fourth-order valence-corrected chi connectivity index (χ4v) is 4.64. The van der Waals surface area contributed by atoms with Crippen LogP contribution in [-0.4, -0.2) is 56.6 Å². The van der Waals surface area contributed by atoms with Crippen molar-refractivity contribution in [1.29, 1.82) is 0 Å². The molecule has 0 aliphatic carbocycles. The van der Waals surface area contributed by atoms with Gasteiger partial charge in [0.25, 0.3) is 5.91 Å². The predicted molar refractivity (Wildman–Crippen MR) is 141 cm³/mol. The minimum absolute atomic E-state index is 0.129. The van der Waals surface area contributed by atoms with Gasteiger partial charge in [0.05, 0.1) is 30.7 Å². The quantitative estimate of drug-likeness (QED) is 0.421. The Kier molecular flexibility index (Phi) is 7.41. The summed E-state index contributed by atoms with van der Waals surface area (Å²) in [6.07, 6.45) is 0.766. The summed E-state index contributed by atoms with van der Waals surface area (Å²) in [5.41, 5.74) is 3.47. The van der Waals surface area contributed by atoms with Crippen LogP contribution in [0.2, 0.25) is 0 Å². The van der Waals surface area contributed by atoms with Gasteiger partial charge in [0.15, 0.2) is 16.9 Å². The molecule has 0 spiro atoms. The Labute approximate surface area is 212 Å². The molecule has 7 nitrogen and oxygen atoms in total. The number of hydrogen-bond acceptors (Lipinski definition) is 6. The molecule has 2 heterocycles. The van der Waals surface area contributed by atoms with Crippen molar-refractivity contribution >= 4 is 16.9 Å². The van der Waals surface area contributed by atoms with Crippen LogP contribution in [0.4, 0.5) is 0 Å². The third-order valence-electron chi connectivity index (χ3n) is 6.66. The van der Waals surface area contributed by atoms with Gasteiger partial charge in [0.1, 0.15) is 5.58 Å². The molecule has 3 aromatic rings. The van der Waals surface area contributed by atoms with Crippen molar-refractivity contribution < 1.29 is 18.7 Å². The Hall–Kier alpha value is -3.32. The second-order valence-electron chi connectivity index (χ2n) is 10.3. The lowest BCUT2D eigenvalue weighted by molar-refractivity contribution is 0.0722. The number of amides is 1. The van der Waals surface area contributed by atoms with Crippen LogP contribution in [0.15, 0.2) is 39.5 Å². The van der Waals surface area contributed by atoms with Gasteiger partial charge in [-0.1, -0.05) is 19.9 Å². The summed E-state index contributed by atoms with van der Waals surface area (Å²) in [4.78, 5) is 31.3. The fraction of sp³-hybridized carbons (Fsp3) is 0.448. The monoisotopic (exact) mass is 492 g/mol. The second kappa shape index (κ2) is 10.3. The average Bonchev–Trinajstić information content (AvgIpc) is 3.10. The summed E-state index contributed by atoms with van der Waals surface area (Å²) < 4.78 is 17.7. The maximum Gasteiger partial charge on any atom is 0.290 e. The van der Waals surface area contributed by atoms with Crippen molar-refractivity contribution in [3.63, 3.8) is 0 Å². The third kappa shape index (κ3) is 4.85. The van der Waals surface area contributed by atoms with Crippen molar-refractivity contribution in [3.05, 3.63) is 68.6 Å². The highest BCUT2D eigenvalue weighted by Gasteiger charge is 2.42. The molecule has 1 aliphatic rings. The number of hydrogen-bond donors (Lipinski definition) is 0. The van der Waals surface area contributed by atoms with E-state index in [0.29, 0.717) is 47.1 Å². The van der Waals surface area contributed by atoms with Crippen LogP contribution in [-0.2, 0) is 0 Å². The Morgan fingerprint density at radius 1 is 1.06 bits per heavy atom. The van der Waals surface area contributed by atoms with E-state index in [-0.39, 0.29) is 17.1 Å². The summed E-state index contributed by atoms with van der Waals surface area (Å²) in [7, 11) is 5.60. The molecule has 36 heavy (non-hydrogen) atoms. The lowest BCUT2D eigenvalue weighted by Gasteiger charge is -2.26. The van der Waals surface area contributed by atoms with Crippen LogP contribution in [0.25, 0.3) is 11.0 Å². The number of ether oxygens (including phenoxy) is 2. The molecule has 0 saturated carbocycles. The minimum Gasteiger partial charge on any atom is -0.493 e. The largest absolute Gasteiger partial charge is 0.493 e.